The summed E-state index contributed by atoms with van der Waals surface area (Å²) in [6, 6.07) is 3.12. The maximum absolute atomic E-state index is 12.3. The monoisotopic (exact) mass is 457 g/mol. The number of rotatable bonds is 7. The fourth-order valence-electron chi connectivity index (χ4n) is 5.45. The third-order valence-electron chi connectivity index (χ3n) is 7.43. The van der Waals surface area contributed by atoms with Gasteiger partial charge in [-0.25, -0.2) is 9.78 Å². The van der Waals surface area contributed by atoms with Gasteiger partial charge in [0.05, 0.1) is 0 Å². The Morgan fingerprint density at radius 3 is 2.58 bits per heavy atom. The Balaban J connectivity index is 1.25. The van der Waals surface area contributed by atoms with Crippen LogP contribution in [-0.2, 0) is 0 Å². The van der Waals surface area contributed by atoms with Crippen molar-refractivity contribution in [3.05, 3.63) is 12.3 Å². The van der Waals surface area contributed by atoms with E-state index in [0.29, 0.717) is 12.1 Å². The molecule has 3 aliphatic rings. The van der Waals surface area contributed by atoms with Crippen LogP contribution in [0.4, 0.5) is 16.6 Å². The molecule has 2 amide bonds. The summed E-state index contributed by atoms with van der Waals surface area (Å²) in [5.41, 5.74) is 0. The number of likely N-dealkylation sites (tertiary alicyclic amines) is 2. The summed E-state index contributed by atoms with van der Waals surface area (Å²) in [6.07, 6.45) is 13.7. The summed E-state index contributed by atoms with van der Waals surface area (Å²) >= 11 is 0. The topological polar surface area (TPSA) is 76.6 Å². The predicted octanol–water partition coefficient (Wildman–Crippen LogP) is 3.71. The van der Waals surface area contributed by atoms with Crippen molar-refractivity contribution in [1.29, 1.82) is 0 Å². The highest BCUT2D eigenvalue weighted by Gasteiger charge is 2.30. The highest BCUT2D eigenvalue weighted by Crippen LogP contribution is 2.23. The van der Waals surface area contributed by atoms with Crippen molar-refractivity contribution < 1.29 is 4.79 Å². The van der Waals surface area contributed by atoms with Crippen LogP contribution in [0, 0.1) is 0 Å². The number of anilines is 2. The van der Waals surface area contributed by atoms with Crippen LogP contribution in [0.3, 0.4) is 0 Å². The first kappa shape index (κ1) is 24.0. The van der Waals surface area contributed by atoms with Crippen LogP contribution >= 0.6 is 0 Å². The summed E-state index contributed by atoms with van der Waals surface area (Å²) in [7, 11) is 0. The Morgan fingerprint density at radius 2 is 1.82 bits per heavy atom. The normalized spacial score (nSPS) is 23.2. The maximum atomic E-state index is 12.3. The molecule has 0 aliphatic carbocycles. The quantitative estimate of drug-likeness (QED) is 0.608. The van der Waals surface area contributed by atoms with Crippen LogP contribution in [0.2, 0.25) is 0 Å². The fourth-order valence-corrected chi connectivity index (χ4v) is 5.45. The largest absolute Gasteiger partial charge is 0.356 e. The Hall–Kier alpha value is -2.09. The van der Waals surface area contributed by atoms with E-state index in [2.05, 4.69) is 38.4 Å². The molecule has 33 heavy (non-hydrogen) atoms. The lowest BCUT2D eigenvalue weighted by molar-refractivity contribution is 0.0968. The minimum absolute atomic E-state index is 0.113. The van der Waals surface area contributed by atoms with Crippen molar-refractivity contribution in [3.8, 4) is 0 Å². The molecule has 0 bridgehead atoms. The summed E-state index contributed by atoms with van der Waals surface area (Å²) in [5.74, 6) is 1.83. The minimum atomic E-state index is 0.113. The second-order valence-electron chi connectivity index (χ2n) is 9.92. The third kappa shape index (κ3) is 6.95. The van der Waals surface area contributed by atoms with E-state index in [-0.39, 0.29) is 6.03 Å². The Bertz CT molecular complexity index is 729. The fraction of sp³-hybridized carbons (Fsp3) is 0.800. The number of nitrogens with zero attached hydrogens (tertiary/aromatic N) is 5. The lowest BCUT2D eigenvalue weighted by atomic mass is 9.98. The lowest BCUT2D eigenvalue weighted by Crippen LogP contribution is -2.53. The van der Waals surface area contributed by atoms with Gasteiger partial charge >= 0.3 is 6.03 Å². The van der Waals surface area contributed by atoms with Crippen molar-refractivity contribution in [1.82, 2.24) is 25.1 Å². The molecule has 0 saturated carbocycles. The van der Waals surface area contributed by atoms with Crippen LogP contribution < -0.4 is 15.5 Å². The molecule has 3 aliphatic heterocycles. The molecule has 1 aromatic heterocycles. The Morgan fingerprint density at radius 1 is 1.03 bits per heavy atom. The maximum Gasteiger partial charge on any atom is 0.317 e. The predicted molar refractivity (Wildman–Crippen MR) is 134 cm³/mol. The average Bonchev–Trinajstić information content (AvgIpc) is 3.14. The van der Waals surface area contributed by atoms with E-state index < -0.39 is 0 Å². The van der Waals surface area contributed by atoms with Gasteiger partial charge in [0.25, 0.3) is 0 Å². The highest BCUT2D eigenvalue weighted by atomic mass is 16.2. The van der Waals surface area contributed by atoms with Crippen molar-refractivity contribution in [2.45, 2.75) is 83.2 Å². The van der Waals surface area contributed by atoms with Gasteiger partial charge in [-0.2, -0.15) is 4.98 Å². The van der Waals surface area contributed by atoms with E-state index in [9.17, 15) is 4.79 Å². The van der Waals surface area contributed by atoms with Crippen molar-refractivity contribution in [2.75, 3.05) is 56.0 Å². The van der Waals surface area contributed by atoms with Gasteiger partial charge in [0.1, 0.15) is 5.82 Å². The van der Waals surface area contributed by atoms with Gasteiger partial charge in [-0.1, -0.05) is 26.2 Å². The number of nitrogens with one attached hydrogen (secondary N) is 2. The molecule has 0 spiro atoms. The standard InChI is InChI=1S/C25H43N7O/c1-2-3-13-27-25(33)31-18-11-22(12-19-31)32-17-8-9-21(20-32)28-24-26-14-10-23(29-24)30-15-6-4-5-7-16-30/h10,14,21-22H,2-9,11-13,15-20H2,1H3,(H,27,33)(H,26,28,29). The van der Waals surface area contributed by atoms with Gasteiger partial charge < -0.3 is 20.4 Å². The summed E-state index contributed by atoms with van der Waals surface area (Å²) < 4.78 is 0. The second kappa shape index (κ2) is 12.4. The molecule has 3 fully saturated rings. The molecule has 8 nitrogen and oxygen atoms in total. The van der Waals surface area contributed by atoms with Crippen LogP contribution in [0.1, 0.15) is 71.1 Å². The summed E-state index contributed by atoms with van der Waals surface area (Å²) in [6.45, 7) is 9.04. The van der Waals surface area contributed by atoms with Gasteiger partial charge in [-0.3, -0.25) is 4.90 Å². The van der Waals surface area contributed by atoms with E-state index in [1.54, 1.807) is 0 Å². The van der Waals surface area contributed by atoms with Crippen LogP contribution in [0.5, 0.6) is 0 Å². The molecule has 1 aromatic rings. The zero-order valence-electron chi connectivity index (χ0n) is 20.5. The lowest BCUT2D eigenvalue weighted by Gasteiger charge is -2.42. The minimum Gasteiger partial charge on any atom is -0.356 e. The summed E-state index contributed by atoms with van der Waals surface area (Å²) in [4.78, 5) is 28.8. The second-order valence-corrected chi connectivity index (χ2v) is 9.92. The van der Waals surface area contributed by atoms with Crippen molar-refractivity contribution >= 4 is 17.8 Å². The molecular formula is C25H43N7O. The van der Waals surface area contributed by atoms with Crippen molar-refractivity contribution in [3.63, 3.8) is 0 Å². The smallest absolute Gasteiger partial charge is 0.317 e. The molecule has 1 atom stereocenters. The molecule has 4 heterocycles. The van der Waals surface area contributed by atoms with Gasteiger partial charge in [-0.15, -0.1) is 0 Å². The summed E-state index contributed by atoms with van der Waals surface area (Å²) in [5, 5.41) is 6.70. The third-order valence-corrected chi connectivity index (χ3v) is 7.43. The van der Waals surface area contributed by atoms with Crippen LogP contribution in [0.15, 0.2) is 12.3 Å². The van der Waals surface area contributed by atoms with Gasteiger partial charge in [0, 0.05) is 57.5 Å². The zero-order chi connectivity index (χ0) is 22.9. The number of unbranched alkanes of at least 4 members (excludes halogenated alkanes) is 1. The first-order valence-corrected chi connectivity index (χ1v) is 13.3. The molecule has 3 saturated heterocycles. The SMILES string of the molecule is CCCCNC(=O)N1CCC(N2CCCC(Nc3nccc(N4CCCCCC4)n3)C2)CC1. The molecular weight excluding hydrogens is 414 g/mol. The van der Waals surface area contributed by atoms with Gasteiger partial charge in [0.15, 0.2) is 0 Å². The highest BCUT2D eigenvalue weighted by molar-refractivity contribution is 5.74. The van der Waals surface area contributed by atoms with Crippen molar-refractivity contribution in [2.24, 2.45) is 0 Å². The molecule has 184 valence electrons. The molecule has 1 unspecified atom stereocenters. The van der Waals surface area contributed by atoms with E-state index in [1.807, 2.05) is 11.1 Å². The number of carbonyl (C=O) groups is 1. The number of urea groups is 1. The Kier molecular flexibility index (Phi) is 9.03. The van der Waals surface area contributed by atoms with E-state index in [1.165, 1.54) is 32.1 Å². The average molecular weight is 458 g/mol. The molecule has 0 aromatic carbocycles. The van der Waals surface area contributed by atoms with Crippen LogP contribution in [-0.4, -0.2) is 83.7 Å². The first-order valence-electron chi connectivity index (χ1n) is 13.3. The van der Waals surface area contributed by atoms with E-state index in [4.69, 9.17) is 4.98 Å². The van der Waals surface area contributed by atoms with E-state index in [0.717, 1.165) is 89.7 Å². The number of amides is 2. The Labute approximate surface area is 199 Å². The molecule has 4 rings (SSSR count). The molecule has 8 heteroatoms. The van der Waals surface area contributed by atoms with Gasteiger partial charge in [-0.05, 0) is 57.6 Å². The van der Waals surface area contributed by atoms with Gasteiger partial charge in [0.2, 0.25) is 5.95 Å². The zero-order valence-corrected chi connectivity index (χ0v) is 20.5. The number of carbonyl (C=O) groups excluding carboxylic acids is 1. The number of hydrogen-bond acceptors (Lipinski definition) is 6. The molecule has 2 N–H and O–H groups in total. The number of aromatic nitrogens is 2. The number of hydrogen-bond donors (Lipinski definition) is 2. The first-order chi connectivity index (χ1) is 16.2. The van der Waals surface area contributed by atoms with E-state index >= 15 is 0 Å². The molecule has 0 radical (unpaired) electrons. The number of piperidine rings is 2. The van der Waals surface area contributed by atoms with Crippen LogP contribution in [0.25, 0.3) is 0 Å².